The molecule has 1 aliphatic heterocycles. The van der Waals surface area contributed by atoms with Crippen molar-refractivity contribution in [3.8, 4) is 23.0 Å². The van der Waals surface area contributed by atoms with E-state index in [-0.39, 0.29) is 0 Å². The maximum atomic E-state index is 5.70. The number of aromatic amines is 1. The van der Waals surface area contributed by atoms with Crippen molar-refractivity contribution in [2.24, 2.45) is 0 Å². The molecule has 0 unspecified atom stereocenters. The molecule has 1 aromatic carbocycles. The highest BCUT2D eigenvalue weighted by atomic mass is 16.6. The Labute approximate surface area is 114 Å². The van der Waals surface area contributed by atoms with Crippen molar-refractivity contribution in [1.29, 1.82) is 0 Å². The van der Waals surface area contributed by atoms with Gasteiger partial charge in [0.25, 0.3) is 0 Å². The number of ether oxygens (including phenoxy) is 2. The van der Waals surface area contributed by atoms with Crippen LogP contribution in [-0.4, -0.2) is 28.2 Å². The van der Waals surface area contributed by atoms with E-state index in [2.05, 4.69) is 15.0 Å². The van der Waals surface area contributed by atoms with E-state index in [0.717, 1.165) is 22.5 Å². The minimum Gasteiger partial charge on any atom is -0.486 e. The largest absolute Gasteiger partial charge is 0.486 e. The second kappa shape index (κ2) is 4.12. The number of nitrogens with two attached hydrogens (primary N) is 1. The number of anilines is 1. The summed E-state index contributed by atoms with van der Waals surface area (Å²) in [6, 6.07) is 9.22. The molecular weight excluding hydrogens is 256 g/mol. The zero-order chi connectivity index (χ0) is 13.5. The summed E-state index contributed by atoms with van der Waals surface area (Å²) in [6.07, 6.45) is 0. The van der Waals surface area contributed by atoms with Gasteiger partial charge in [-0.05, 0) is 12.1 Å². The normalized spacial score (nSPS) is 13.6. The van der Waals surface area contributed by atoms with Crippen molar-refractivity contribution < 1.29 is 9.47 Å². The Morgan fingerprint density at radius 2 is 1.85 bits per heavy atom. The van der Waals surface area contributed by atoms with E-state index in [0.29, 0.717) is 30.5 Å². The van der Waals surface area contributed by atoms with Gasteiger partial charge < -0.3 is 20.2 Å². The van der Waals surface area contributed by atoms with Gasteiger partial charge in [0.15, 0.2) is 17.3 Å². The summed E-state index contributed by atoms with van der Waals surface area (Å²) in [4.78, 5) is 12.0. The Morgan fingerprint density at radius 1 is 1.05 bits per heavy atom. The van der Waals surface area contributed by atoms with Gasteiger partial charge in [-0.3, -0.25) is 0 Å². The molecule has 4 rings (SSSR count). The second-order valence-corrected chi connectivity index (χ2v) is 4.55. The third-order valence-electron chi connectivity index (χ3n) is 3.16. The topological polar surface area (TPSA) is 86.0 Å². The van der Waals surface area contributed by atoms with E-state index < -0.39 is 0 Å². The van der Waals surface area contributed by atoms with E-state index in [1.807, 2.05) is 24.3 Å². The Morgan fingerprint density at radius 3 is 2.65 bits per heavy atom. The molecular formula is C14H12N4O2. The molecule has 0 saturated carbocycles. The lowest BCUT2D eigenvalue weighted by Gasteiger charge is -2.17. The van der Waals surface area contributed by atoms with E-state index in [1.54, 1.807) is 6.07 Å². The first kappa shape index (κ1) is 11.1. The molecule has 0 fully saturated rings. The number of aromatic nitrogens is 3. The summed E-state index contributed by atoms with van der Waals surface area (Å²) in [7, 11) is 0. The van der Waals surface area contributed by atoms with Crippen LogP contribution in [0.3, 0.4) is 0 Å². The number of H-pyrrole nitrogens is 1. The Bertz CT molecular complexity index is 754. The SMILES string of the molecule is Nc1cccc(-c2nc3cc4c(cc3[nH]2)OCCO4)n1. The molecule has 0 atom stereocenters. The lowest BCUT2D eigenvalue weighted by atomic mass is 10.2. The highest BCUT2D eigenvalue weighted by Crippen LogP contribution is 2.34. The van der Waals surface area contributed by atoms with Crippen LogP contribution in [0.5, 0.6) is 11.5 Å². The molecule has 0 amide bonds. The zero-order valence-corrected chi connectivity index (χ0v) is 10.6. The van der Waals surface area contributed by atoms with E-state index in [4.69, 9.17) is 15.2 Å². The predicted octanol–water partition coefficient (Wildman–Crippen LogP) is 1.98. The molecule has 0 radical (unpaired) electrons. The van der Waals surface area contributed by atoms with Crippen LogP contribution in [0, 0.1) is 0 Å². The summed E-state index contributed by atoms with van der Waals surface area (Å²) in [5.41, 5.74) is 8.10. The molecule has 1 aliphatic rings. The maximum Gasteiger partial charge on any atom is 0.163 e. The van der Waals surface area contributed by atoms with E-state index in [1.165, 1.54) is 0 Å². The van der Waals surface area contributed by atoms with Crippen molar-refractivity contribution in [3.05, 3.63) is 30.3 Å². The van der Waals surface area contributed by atoms with Crippen molar-refractivity contribution in [1.82, 2.24) is 15.0 Å². The minimum atomic E-state index is 0.467. The van der Waals surface area contributed by atoms with Gasteiger partial charge >= 0.3 is 0 Å². The molecule has 0 bridgehead atoms. The van der Waals surface area contributed by atoms with Crippen LogP contribution in [0.4, 0.5) is 5.82 Å². The molecule has 2 aromatic heterocycles. The van der Waals surface area contributed by atoms with Crippen molar-refractivity contribution in [3.63, 3.8) is 0 Å². The van der Waals surface area contributed by atoms with Crippen molar-refractivity contribution >= 4 is 16.9 Å². The van der Waals surface area contributed by atoms with Gasteiger partial charge in [-0.15, -0.1) is 0 Å². The Hall–Kier alpha value is -2.76. The third-order valence-corrected chi connectivity index (χ3v) is 3.16. The number of hydrogen-bond acceptors (Lipinski definition) is 5. The van der Waals surface area contributed by atoms with E-state index in [9.17, 15) is 0 Å². The van der Waals surface area contributed by atoms with Gasteiger partial charge in [0.2, 0.25) is 0 Å². The lowest BCUT2D eigenvalue weighted by molar-refractivity contribution is 0.172. The van der Waals surface area contributed by atoms with Crippen LogP contribution < -0.4 is 15.2 Å². The first-order valence-electron chi connectivity index (χ1n) is 6.32. The molecule has 0 spiro atoms. The molecule has 100 valence electrons. The Kier molecular flexibility index (Phi) is 2.29. The molecule has 3 aromatic rings. The number of pyridine rings is 1. The van der Waals surface area contributed by atoms with Crippen LogP contribution in [-0.2, 0) is 0 Å². The molecule has 6 heteroatoms. The predicted molar refractivity (Wildman–Crippen MR) is 74.7 cm³/mol. The fourth-order valence-corrected chi connectivity index (χ4v) is 2.25. The molecule has 0 saturated heterocycles. The van der Waals surface area contributed by atoms with Crippen LogP contribution >= 0.6 is 0 Å². The number of nitrogens with one attached hydrogen (secondary N) is 1. The highest BCUT2D eigenvalue weighted by molar-refractivity contribution is 5.82. The summed E-state index contributed by atoms with van der Waals surface area (Å²) >= 11 is 0. The van der Waals surface area contributed by atoms with Gasteiger partial charge in [-0.25, -0.2) is 9.97 Å². The monoisotopic (exact) mass is 268 g/mol. The summed E-state index contributed by atoms with van der Waals surface area (Å²) in [5.74, 6) is 2.60. The average molecular weight is 268 g/mol. The summed E-state index contributed by atoms with van der Waals surface area (Å²) in [5, 5.41) is 0. The van der Waals surface area contributed by atoms with E-state index >= 15 is 0 Å². The zero-order valence-electron chi connectivity index (χ0n) is 10.6. The van der Waals surface area contributed by atoms with Crippen LogP contribution in [0.15, 0.2) is 30.3 Å². The van der Waals surface area contributed by atoms with Crippen molar-refractivity contribution in [2.45, 2.75) is 0 Å². The number of benzene rings is 1. The van der Waals surface area contributed by atoms with Crippen LogP contribution in [0.2, 0.25) is 0 Å². The van der Waals surface area contributed by atoms with Crippen LogP contribution in [0.1, 0.15) is 0 Å². The maximum absolute atomic E-state index is 5.70. The number of hydrogen-bond donors (Lipinski definition) is 2. The standard InChI is InChI=1S/C14H12N4O2/c15-13-3-1-2-8(16-13)14-17-9-6-11-12(7-10(9)18-14)20-5-4-19-11/h1-3,6-7H,4-5H2,(H2,15,16)(H,17,18). The Balaban J connectivity index is 1.86. The second-order valence-electron chi connectivity index (χ2n) is 4.55. The van der Waals surface area contributed by atoms with Gasteiger partial charge in [0.05, 0.1) is 11.0 Å². The van der Waals surface area contributed by atoms with Gasteiger partial charge in [-0.1, -0.05) is 6.07 Å². The third kappa shape index (κ3) is 1.73. The van der Waals surface area contributed by atoms with Crippen molar-refractivity contribution in [2.75, 3.05) is 18.9 Å². The lowest BCUT2D eigenvalue weighted by Crippen LogP contribution is -2.15. The highest BCUT2D eigenvalue weighted by Gasteiger charge is 2.15. The fraction of sp³-hybridized carbons (Fsp3) is 0.143. The fourth-order valence-electron chi connectivity index (χ4n) is 2.25. The minimum absolute atomic E-state index is 0.467. The van der Waals surface area contributed by atoms with Crippen LogP contribution in [0.25, 0.3) is 22.6 Å². The molecule has 3 N–H and O–H groups in total. The summed E-state index contributed by atoms with van der Waals surface area (Å²) < 4.78 is 11.1. The number of imidazole rings is 1. The number of fused-ring (bicyclic) bond motifs is 2. The molecule has 3 heterocycles. The average Bonchev–Trinajstić information content (AvgIpc) is 2.87. The van der Waals surface area contributed by atoms with Gasteiger partial charge in [0, 0.05) is 12.1 Å². The van der Waals surface area contributed by atoms with Gasteiger partial charge in [0.1, 0.15) is 24.7 Å². The molecule has 6 nitrogen and oxygen atoms in total. The summed E-state index contributed by atoms with van der Waals surface area (Å²) in [6.45, 7) is 1.13. The first-order chi connectivity index (χ1) is 9.79. The number of rotatable bonds is 1. The van der Waals surface area contributed by atoms with Gasteiger partial charge in [-0.2, -0.15) is 0 Å². The molecule has 0 aliphatic carbocycles. The molecule has 20 heavy (non-hydrogen) atoms. The smallest absolute Gasteiger partial charge is 0.163 e. The quantitative estimate of drug-likeness (QED) is 0.704. The first-order valence-corrected chi connectivity index (χ1v) is 6.32. The number of nitrogen functional groups attached to an aromatic ring is 1. The number of nitrogens with zero attached hydrogens (tertiary/aromatic N) is 2.